The van der Waals surface area contributed by atoms with Gasteiger partial charge < -0.3 is 14.8 Å². The molecule has 9 heteroatoms. The average molecular weight is 428 g/mol. The molecular formula is C20H15Cl2N5O2. The van der Waals surface area contributed by atoms with Crippen LogP contribution in [0.1, 0.15) is 5.56 Å². The van der Waals surface area contributed by atoms with E-state index in [0.717, 1.165) is 5.56 Å². The van der Waals surface area contributed by atoms with E-state index >= 15 is 0 Å². The van der Waals surface area contributed by atoms with Crippen LogP contribution in [0, 0.1) is 11.3 Å². The minimum absolute atomic E-state index is 0.411. The first-order chi connectivity index (χ1) is 14.0. The summed E-state index contributed by atoms with van der Waals surface area (Å²) in [5.41, 5.74) is 2.95. The Balaban J connectivity index is 1.90. The quantitative estimate of drug-likeness (QED) is 0.452. The van der Waals surface area contributed by atoms with Gasteiger partial charge in [0.05, 0.1) is 30.0 Å². The van der Waals surface area contributed by atoms with Crippen LogP contribution in [0.25, 0.3) is 16.9 Å². The highest BCUT2D eigenvalue weighted by Crippen LogP contribution is 2.37. The number of rotatable bonds is 5. The van der Waals surface area contributed by atoms with Gasteiger partial charge in [-0.1, -0.05) is 29.3 Å². The summed E-state index contributed by atoms with van der Waals surface area (Å²) in [5.74, 6) is 1.87. The maximum Gasteiger partial charge on any atom is 0.173 e. The Kier molecular flexibility index (Phi) is 4.97. The molecule has 4 rings (SSSR count). The second kappa shape index (κ2) is 7.59. The highest BCUT2D eigenvalue weighted by molar-refractivity contribution is 6.42. The number of nitrogens with one attached hydrogen (secondary N) is 2. The largest absolute Gasteiger partial charge is 0.497 e. The molecule has 0 bridgehead atoms. The van der Waals surface area contributed by atoms with Gasteiger partial charge >= 0.3 is 0 Å². The number of anilines is 2. The molecule has 2 N–H and O–H groups in total. The van der Waals surface area contributed by atoms with Crippen molar-refractivity contribution in [2.24, 2.45) is 0 Å². The van der Waals surface area contributed by atoms with Crippen molar-refractivity contribution in [3.63, 3.8) is 0 Å². The van der Waals surface area contributed by atoms with Crippen LogP contribution in [0.2, 0.25) is 10.0 Å². The van der Waals surface area contributed by atoms with Crippen LogP contribution < -0.4 is 14.8 Å². The lowest BCUT2D eigenvalue weighted by molar-refractivity contribution is 0.395. The van der Waals surface area contributed by atoms with Gasteiger partial charge in [0.15, 0.2) is 11.5 Å². The Labute approximate surface area is 176 Å². The summed E-state index contributed by atoms with van der Waals surface area (Å²) < 4.78 is 12.4. The van der Waals surface area contributed by atoms with E-state index in [1.807, 2.05) is 18.2 Å². The topological polar surface area (TPSA) is 87.4 Å². The van der Waals surface area contributed by atoms with E-state index in [4.69, 9.17) is 32.7 Å². The molecule has 7 nitrogen and oxygen atoms in total. The summed E-state index contributed by atoms with van der Waals surface area (Å²) in [6.45, 7) is 0. The molecule has 0 aliphatic heterocycles. The third-order valence-corrected chi connectivity index (χ3v) is 5.17. The molecule has 0 unspecified atom stereocenters. The highest BCUT2D eigenvalue weighted by atomic mass is 35.5. The number of hydrogen-bond acceptors (Lipinski definition) is 5. The number of benzene rings is 2. The Morgan fingerprint density at radius 1 is 1.10 bits per heavy atom. The van der Waals surface area contributed by atoms with Crippen molar-refractivity contribution >= 4 is 40.4 Å². The number of aromatic amines is 1. The predicted octanol–water partition coefficient (Wildman–Crippen LogP) is 5.27. The maximum atomic E-state index is 9.39. The Morgan fingerprint density at radius 3 is 2.62 bits per heavy atom. The van der Waals surface area contributed by atoms with E-state index in [0.29, 0.717) is 50.0 Å². The number of hydrogen-bond donors (Lipinski definition) is 2. The first kappa shape index (κ1) is 19.0. The van der Waals surface area contributed by atoms with Crippen LogP contribution in [0.5, 0.6) is 11.5 Å². The van der Waals surface area contributed by atoms with Crippen molar-refractivity contribution in [3.8, 4) is 28.8 Å². The second-order valence-electron chi connectivity index (χ2n) is 6.09. The first-order valence-corrected chi connectivity index (χ1v) is 9.25. The predicted molar refractivity (Wildman–Crippen MR) is 113 cm³/mol. The van der Waals surface area contributed by atoms with Crippen molar-refractivity contribution in [1.29, 1.82) is 5.26 Å². The van der Waals surface area contributed by atoms with Crippen molar-refractivity contribution < 1.29 is 9.47 Å². The number of aromatic nitrogens is 3. The molecule has 0 atom stereocenters. The zero-order valence-corrected chi connectivity index (χ0v) is 17.0. The van der Waals surface area contributed by atoms with Crippen molar-refractivity contribution in [2.45, 2.75) is 0 Å². The molecule has 146 valence electrons. The van der Waals surface area contributed by atoms with Crippen LogP contribution in [0.4, 0.5) is 11.5 Å². The number of nitriles is 1. The number of halogens is 2. The Bertz CT molecular complexity index is 1260. The van der Waals surface area contributed by atoms with Gasteiger partial charge in [0.25, 0.3) is 0 Å². The normalized spacial score (nSPS) is 10.7. The molecule has 0 fully saturated rings. The summed E-state index contributed by atoms with van der Waals surface area (Å²) in [4.78, 5) is 4.65. The third kappa shape index (κ3) is 3.33. The van der Waals surface area contributed by atoms with E-state index in [-0.39, 0.29) is 0 Å². The molecule has 0 spiro atoms. The summed E-state index contributed by atoms with van der Waals surface area (Å²) in [7, 11) is 3.17. The molecule has 2 heterocycles. The summed E-state index contributed by atoms with van der Waals surface area (Å²) in [6.07, 6.45) is 1.59. The molecule has 0 aliphatic rings. The molecule has 2 aromatic carbocycles. The number of nitrogens with zero attached hydrogens (tertiary/aromatic N) is 3. The molecule has 0 aliphatic carbocycles. The minimum Gasteiger partial charge on any atom is -0.497 e. The van der Waals surface area contributed by atoms with Crippen LogP contribution in [0.3, 0.4) is 0 Å². The number of imidazole rings is 1. The number of ether oxygens (including phenoxy) is 2. The molecule has 0 saturated carbocycles. The van der Waals surface area contributed by atoms with Crippen LogP contribution in [-0.2, 0) is 0 Å². The molecule has 0 radical (unpaired) electrons. The van der Waals surface area contributed by atoms with Crippen LogP contribution in [-0.4, -0.2) is 28.8 Å². The molecule has 29 heavy (non-hydrogen) atoms. The van der Waals surface area contributed by atoms with E-state index in [1.54, 1.807) is 43.1 Å². The minimum atomic E-state index is 0.411. The fourth-order valence-electron chi connectivity index (χ4n) is 2.99. The fraction of sp³-hybridized carbons (Fsp3) is 0.100. The lowest BCUT2D eigenvalue weighted by atomic mass is 10.1. The number of fused-ring (bicyclic) bond motifs is 1. The third-order valence-electron chi connectivity index (χ3n) is 4.43. The van der Waals surface area contributed by atoms with Gasteiger partial charge in [-0.2, -0.15) is 5.26 Å². The van der Waals surface area contributed by atoms with Gasteiger partial charge in [-0.3, -0.25) is 5.10 Å². The molecular weight excluding hydrogens is 413 g/mol. The highest BCUT2D eigenvalue weighted by Gasteiger charge is 2.20. The lowest BCUT2D eigenvalue weighted by Crippen LogP contribution is -2.00. The van der Waals surface area contributed by atoms with E-state index in [2.05, 4.69) is 21.5 Å². The van der Waals surface area contributed by atoms with E-state index in [9.17, 15) is 5.26 Å². The van der Waals surface area contributed by atoms with Gasteiger partial charge in [0, 0.05) is 17.8 Å². The second-order valence-corrected chi connectivity index (χ2v) is 6.90. The van der Waals surface area contributed by atoms with E-state index < -0.39 is 0 Å². The first-order valence-electron chi connectivity index (χ1n) is 8.50. The molecule has 0 amide bonds. The molecule has 0 saturated heterocycles. The van der Waals surface area contributed by atoms with Crippen LogP contribution >= 0.6 is 23.2 Å². The van der Waals surface area contributed by atoms with Crippen LogP contribution in [0.15, 0.2) is 42.6 Å². The Morgan fingerprint density at radius 2 is 1.93 bits per heavy atom. The van der Waals surface area contributed by atoms with Gasteiger partial charge in [-0.15, -0.1) is 0 Å². The van der Waals surface area contributed by atoms with Crippen molar-refractivity contribution in [3.05, 3.63) is 58.2 Å². The summed E-state index contributed by atoms with van der Waals surface area (Å²) in [6, 6.07) is 12.8. The van der Waals surface area contributed by atoms with Gasteiger partial charge in [-0.05, 0) is 24.3 Å². The van der Waals surface area contributed by atoms with Crippen molar-refractivity contribution in [1.82, 2.24) is 14.6 Å². The summed E-state index contributed by atoms with van der Waals surface area (Å²) in [5, 5.41) is 16.6. The number of H-pyrrole nitrogens is 1. The van der Waals surface area contributed by atoms with Gasteiger partial charge in [0.2, 0.25) is 0 Å². The monoisotopic (exact) mass is 427 g/mol. The fourth-order valence-corrected chi connectivity index (χ4v) is 3.29. The van der Waals surface area contributed by atoms with Gasteiger partial charge in [0.1, 0.15) is 28.8 Å². The average Bonchev–Trinajstić information content (AvgIpc) is 3.30. The smallest absolute Gasteiger partial charge is 0.173 e. The number of methoxy groups -OCH3 is 2. The van der Waals surface area contributed by atoms with Gasteiger partial charge in [-0.25, -0.2) is 9.50 Å². The molecule has 4 aromatic rings. The maximum absolute atomic E-state index is 9.39. The standard InChI is InChI=1S/C20H15Cl2N5O2/c1-28-13-4-6-16(17(8-13)29-2)25-20-18(11-3-5-14(21)15(22)7-11)26-19-12(9-23)10-24-27(19)20/h3-8,10,24-25H,1-2H3. The summed E-state index contributed by atoms with van der Waals surface area (Å²) >= 11 is 12.3. The van der Waals surface area contributed by atoms with Crippen molar-refractivity contribution in [2.75, 3.05) is 19.5 Å². The zero-order chi connectivity index (χ0) is 20.5. The zero-order valence-electron chi connectivity index (χ0n) is 15.5. The Hall–Kier alpha value is -3.34. The lowest BCUT2D eigenvalue weighted by Gasteiger charge is -2.13. The SMILES string of the molecule is COc1ccc(Nc2c(-c3ccc(Cl)c(Cl)c3)nc3c(C#N)c[nH]n23)c(OC)c1. The molecule has 2 aromatic heterocycles. The van der Waals surface area contributed by atoms with E-state index in [1.165, 1.54) is 0 Å².